The molecule has 0 aliphatic carbocycles. The van der Waals surface area contributed by atoms with E-state index in [1.807, 2.05) is 0 Å². The molecule has 1 aromatic carbocycles. The molecule has 0 aliphatic rings. The molecule has 0 fully saturated rings. The zero-order chi connectivity index (χ0) is 10.6. The molecule has 0 heterocycles. The molecule has 4 heteroatoms. The second kappa shape index (κ2) is 4.72. The molecular weight excluding hydrogens is 187 g/mol. The van der Waals surface area contributed by atoms with Crippen LogP contribution >= 0.6 is 0 Å². The van der Waals surface area contributed by atoms with Crippen LogP contribution in [0.4, 0.5) is 4.39 Å². The van der Waals surface area contributed by atoms with Gasteiger partial charge in [-0.3, -0.25) is 4.79 Å². The number of carbonyl (C=O) groups excluding carboxylic acids is 1. The van der Waals surface area contributed by atoms with Crippen LogP contribution in [-0.2, 0) is 0 Å². The van der Waals surface area contributed by atoms with Gasteiger partial charge >= 0.3 is 0 Å². The summed E-state index contributed by atoms with van der Waals surface area (Å²) in [4.78, 5) is 10.5. The van der Waals surface area contributed by atoms with Crippen molar-refractivity contribution in [1.29, 1.82) is 0 Å². The third-order valence-electron chi connectivity index (χ3n) is 1.58. The maximum absolute atomic E-state index is 12.7. The van der Waals surface area contributed by atoms with Crippen molar-refractivity contribution >= 4 is 6.29 Å². The number of hydrogen-bond donors (Lipinski definition) is 1. The van der Waals surface area contributed by atoms with Crippen molar-refractivity contribution in [3.05, 3.63) is 29.6 Å². The Labute approximate surface area is 81.1 Å². The van der Waals surface area contributed by atoms with E-state index in [2.05, 4.69) is 0 Å². The second-order valence-corrected chi connectivity index (χ2v) is 2.96. The summed E-state index contributed by atoms with van der Waals surface area (Å²) in [6, 6.07) is 3.65. The van der Waals surface area contributed by atoms with Crippen LogP contribution in [0, 0.1) is 5.82 Å². The number of carbonyl (C=O) groups is 1. The smallest absolute Gasteiger partial charge is 0.153 e. The van der Waals surface area contributed by atoms with Gasteiger partial charge in [-0.1, -0.05) is 0 Å². The highest BCUT2D eigenvalue weighted by atomic mass is 19.1. The lowest BCUT2D eigenvalue weighted by molar-refractivity contribution is 0.109. The molecule has 1 atom stereocenters. The van der Waals surface area contributed by atoms with E-state index in [9.17, 15) is 9.18 Å². The van der Waals surface area contributed by atoms with E-state index < -0.39 is 11.9 Å². The molecule has 14 heavy (non-hydrogen) atoms. The number of halogens is 1. The average Bonchev–Trinajstić information content (AvgIpc) is 2.15. The minimum atomic E-state index is -0.625. The Morgan fingerprint density at radius 1 is 1.64 bits per heavy atom. The first-order chi connectivity index (χ1) is 6.63. The normalized spacial score (nSPS) is 12.2. The van der Waals surface area contributed by atoms with Crippen LogP contribution in [-0.4, -0.2) is 24.1 Å². The Balaban J connectivity index is 2.80. The third-order valence-corrected chi connectivity index (χ3v) is 1.58. The topological polar surface area (TPSA) is 46.5 Å². The SMILES string of the molecule is CC(O)COc1ccc(F)cc1C=O. The first-order valence-corrected chi connectivity index (χ1v) is 4.19. The summed E-state index contributed by atoms with van der Waals surface area (Å²) in [7, 11) is 0. The van der Waals surface area contributed by atoms with Gasteiger partial charge in [-0.05, 0) is 25.1 Å². The summed E-state index contributed by atoms with van der Waals surface area (Å²) in [5.74, 6) is -0.209. The summed E-state index contributed by atoms with van der Waals surface area (Å²) >= 11 is 0. The second-order valence-electron chi connectivity index (χ2n) is 2.96. The Bertz CT molecular complexity index is 323. The predicted octanol–water partition coefficient (Wildman–Crippen LogP) is 1.40. The lowest BCUT2D eigenvalue weighted by Crippen LogP contribution is -2.13. The first kappa shape index (κ1) is 10.7. The van der Waals surface area contributed by atoms with Crippen molar-refractivity contribution in [2.75, 3.05) is 6.61 Å². The lowest BCUT2D eigenvalue weighted by atomic mass is 10.2. The van der Waals surface area contributed by atoms with Gasteiger partial charge < -0.3 is 9.84 Å². The van der Waals surface area contributed by atoms with Crippen LogP contribution in [0.25, 0.3) is 0 Å². The van der Waals surface area contributed by atoms with E-state index in [4.69, 9.17) is 9.84 Å². The van der Waals surface area contributed by atoms with Gasteiger partial charge in [0.05, 0.1) is 11.7 Å². The lowest BCUT2D eigenvalue weighted by Gasteiger charge is -2.09. The highest BCUT2D eigenvalue weighted by Gasteiger charge is 2.05. The molecule has 76 valence electrons. The Kier molecular flexibility index (Phi) is 3.59. The summed E-state index contributed by atoms with van der Waals surface area (Å²) in [6.07, 6.45) is -0.111. The Morgan fingerprint density at radius 2 is 2.36 bits per heavy atom. The van der Waals surface area contributed by atoms with Gasteiger partial charge in [0.1, 0.15) is 18.2 Å². The van der Waals surface area contributed by atoms with Crippen molar-refractivity contribution in [1.82, 2.24) is 0 Å². The monoisotopic (exact) mass is 198 g/mol. The van der Waals surface area contributed by atoms with Crippen molar-refractivity contribution in [3.63, 3.8) is 0 Å². The van der Waals surface area contributed by atoms with E-state index in [-0.39, 0.29) is 17.9 Å². The van der Waals surface area contributed by atoms with E-state index >= 15 is 0 Å². The number of aliphatic hydroxyl groups is 1. The van der Waals surface area contributed by atoms with Crippen LogP contribution in [0.1, 0.15) is 17.3 Å². The predicted molar refractivity (Wildman–Crippen MR) is 49.0 cm³/mol. The maximum atomic E-state index is 12.7. The van der Waals surface area contributed by atoms with Gasteiger partial charge in [-0.2, -0.15) is 0 Å². The fraction of sp³-hybridized carbons (Fsp3) is 0.300. The van der Waals surface area contributed by atoms with Gasteiger partial charge in [0, 0.05) is 0 Å². The number of ether oxygens (including phenoxy) is 1. The van der Waals surface area contributed by atoms with Crippen LogP contribution in [0.3, 0.4) is 0 Å². The van der Waals surface area contributed by atoms with E-state index in [0.717, 1.165) is 6.07 Å². The van der Waals surface area contributed by atoms with Crippen molar-refractivity contribution in [2.24, 2.45) is 0 Å². The molecule has 0 radical (unpaired) electrons. The quantitative estimate of drug-likeness (QED) is 0.744. The third kappa shape index (κ3) is 2.81. The van der Waals surface area contributed by atoms with Gasteiger partial charge in [-0.15, -0.1) is 0 Å². The van der Waals surface area contributed by atoms with E-state index in [1.165, 1.54) is 12.1 Å². The molecule has 0 spiro atoms. The summed E-state index contributed by atoms with van der Waals surface area (Å²) < 4.78 is 17.8. The fourth-order valence-corrected chi connectivity index (χ4v) is 0.953. The van der Waals surface area contributed by atoms with Gasteiger partial charge in [0.25, 0.3) is 0 Å². The number of hydrogen-bond acceptors (Lipinski definition) is 3. The Morgan fingerprint density at radius 3 is 2.93 bits per heavy atom. The van der Waals surface area contributed by atoms with Gasteiger partial charge in [-0.25, -0.2) is 4.39 Å². The first-order valence-electron chi connectivity index (χ1n) is 4.19. The zero-order valence-electron chi connectivity index (χ0n) is 7.74. The molecular formula is C10H11FO3. The zero-order valence-corrected chi connectivity index (χ0v) is 7.74. The van der Waals surface area contributed by atoms with Crippen molar-refractivity contribution in [3.8, 4) is 5.75 Å². The molecule has 1 unspecified atom stereocenters. The van der Waals surface area contributed by atoms with Gasteiger partial charge in [0.2, 0.25) is 0 Å². The minimum absolute atomic E-state index is 0.0759. The molecule has 3 nitrogen and oxygen atoms in total. The molecule has 0 saturated carbocycles. The summed E-state index contributed by atoms with van der Waals surface area (Å²) in [5.41, 5.74) is 0.144. The highest BCUT2D eigenvalue weighted by molar-refractivity contribution is 5.79. The molecule has 0 aromatic heterocycles. The van der Waals surface area contributed by atoms with E-state index in [0.29, 0.717) is 6.29 Å². The Hall–Kier alpha value is -1.42. The largest absolute Gasteiger partial charge is 0.490 e. The molecule has 0 aliphatic heterocycles. The number of benzene rings is 1. The summed E-state index contributed by atoms with van der Waals surface area (Å²) in [5, 5.41) is 8.94. The number of aldehydes is 1. The minimum Gasteiger partial charge on any atom is -0.490 e. The van der Waals surface area contributed by atoms with Crippen LogP contribution < -0.4 is 4.74 Å². The van der Waals surface area contributed by atoms with Crippen LogP contribution in [0.5, 0.6) is 5.75 Å². The summed E-state index contributed by atoms with van der Waals surface area (Å²) in [6.45, 7) is 1.64. The maximum Gasteiger partial charge on any atom is 0.153 e. The molecule has 1 rings (SSSR count). The molecule has 0 bridgehead atoms. The highest BCUT2D eigenvalue weighted by Crippen LogP contribution is 2.17. The van der Waals surface area contributed by atoms with Crippen LogP contribution in [0.2, 0.25) is 0 Å². The molecule has 1 aromatic rings. The average molecular weight is 198 g/mol. The van der Waals surface area contributed by atoms with Crippen molar-refractivity contribution in [2.45, 2.75) is 13.0 Å². The van der Waals surface area contributed by atoms with E-state index in [1.54, 1.807) is 6.92 Å². The van der Waals surface area contributed by atoms with Gasteiger partial charge in [0.15, 0.2) is 6.29 Å². The number of aliphatic hydroxyl groups excluding tert-OH is 1. The molecule has 1 N–H and O–H groups in total. The van der Waals surface area contributed by atoms with Crippen LogP contribution in [0.15, 0.2) is 18.2 Å². The molecule has 0 amide bonds. The number of rotatable bonds is 4. The fourth-order valence-electron chi connectivity index (χ4n) is 0.953. The molecule has 0 saturated heterocycles. The van der Waals surface area contributed by atoms with Crippen molar-refractivity contribution < 1.29 is 19.0 Å². The standard InChI is InChI=1S/C10H11FO3/c1-7(13)6-14-10-3-2-9(11)4-8(10)5-12/h2-5,7,13H,6H2,1H3.